The number of benzene rings is 1. The topological polar surface area (TPSA) is 38.7 Å². The van der Waals surface area contributed by atoms with Gasteiger partial charge in [-0.05, 0) is 24.5 Å². The molecule has 84 valence electrons. The smallest absolute Gasteiger partial charge is 0.235 e. The highest BCUT2D eigenvalue weighted by Crippen LogP contribution is 2.52. The first-order valence-corrected chi connectivity index (χ1v) is 5.47. The number of hydrogen-bond donors (Lipinski definition) is 0. The Balaban J connectivity index is 2.50. The van der Waals surface area contributed by atoms with Gasteiger partial charge in [-0.25, -0.2) is 4.79 Å². The van der Waals surface area contributed by atoms with Gasteiger partial charge in [-0.2, -0.15) is 4.99 Å². The van der Waals surface area contributed by atoms with E-state index in [0.717, 1.165) is 24.0 Å². The highest BCUT2D eigenvalue weighted by atomic mass is 35.5. The fourth-order valence-electron chi connectivity index (χ4n) is 1.99. The molecule has 0 radical (unpaired) electrons. The lowest BCUT2D eigenvalue weighted by Crippen LogP contribution is -2.08. The fourth-order valence-corrected chi connectivity index (χ4v) is 2.36. The number of rotatable bonds is 4. The predicted molar refractivity (Wildman–Crippen MR) is 61.2 cm³/mol. The number of isocyanates is 1. The number of halogens is 1. The first-order chi connectivity index (χ1) is 7.73. The summed E-state index contributed by atoms with van der Waals surface area (Å²) >= 11 is 6.18. The Hall–Kier alpha value is -1.15. The number of methoxy groups -OCH3 is 1. The van der Waals surface area contributed by atoms with E-state index in [4.69, 9.17) is 16.3 Å². The van der Waals surface area contributed by atoms with E-state index in [2.05, 4.69) is 4.99 Å². The molecule has 0 atom stereocenters. The third-order valence-electron chi connectivity index (χ3n) is 2.85. The minimum Gasteiger partial charge on any atom is -0.380 e. The molecule has 2 rings (SSSR count). The highest BCUT2D eigenvalue weighted by molar-refractivity contribution is 6.31. The second kappa shape index (κ2) is 4.38. The van der Waals surface area contributed by atoms with Gasteiger partial charge in [-0.15, -0.1) is 0 Å². The van der Waals surface area contributed by atoms with Crippen LogP contribution in [0.5, 0.6) is 0 Å². The second-order valence-corrected chi connectivity index (χ2v) is 4.35. The van der Waals surface area contributed by atoms with Crippen molar-refractivity contribution in [2.45, 2.75) is 25.0 Å². The lowest BCUT2D eigenvalue weighted by molar-refractivity contribution is 0.183. The Morgan fingerprint density at radius 2 is 2.31 bits per heavy atom. The molecule has 1 aromatic carbocycles. The van der Waals surface area contributed by atoms with Crippen molar-refractivity contribution in [3.63, 3.8) is 0 Å². The van der Waals surface area contributed by atoms with E-state index in [1.165, 1.54) is 0 Å². The minimum atomic E-state index is -0.437. The Bertz CT molecular complexity index is 448. The summed E-state index contributed by atoms with van der Waals surface area (Å²) in [5.74, 6) is 0. The van der Waals surface area contributed by atoms with Crippen molar-refractivity contribution >= 4 is 17.7 Å². The molecular formula is C12H12ClNO2. The summed E-state index contributed by atoms with van der Waals surface area (Å²) in [5.41, 5.74) is 1.47. The molecule has 0 unspecified atom stereocenters. The molecule has 16 heavy (non-hydrogen) atoms. The van der Waals surface area contributed by atoms with Gasteiger partial charge in [0.05, 0.1) is 6.61 Å². The average Bonchev–Trinajstić information content (AvgIpc) is 3.00. The maximum atomic E-state index is 10.4. The molecule has 0 heterocycles. The molecule has 0 N–H and O–H groups in total. The molecular weight excluding hydrogens is 226 g/mol. The van der Waals surface area contributed by atoms with Gasteiger partial charge in [0.25, 0.3) is 0 Å². The Kier molecular flexibility index (Phi) is 3.10. The van der Waals surface area contributed by atoms with Crippen LogP contribution in [0.2, 0.25) is 5.02 Å². The van der Waals surface area contributed by atoms with Crippen LogP contribution in [-0.4, -0.2) is 13.2 Å². The van der Waals surface area contributed by atoms with Crippen LogP contribution in [0.3, 0.4) is 0 Å². The lowest BCUT2D eigenvalue weighted by atomic mass is 9.99. The molecule has 4 heteroatoms. The monoisotopic (exact) mass is 237 g/mol. The van der Waals surface area contributed by atoms with Crippen molar-refractivity contribution < 1.29 is 9.53 Å². The molecule has 0 spiro atoms. The van der Waals surface area contributed by atoms with Crippen LogP contribution in [0.1, 0.15) is 24.0 Å². The lowest BCUT2D eigenvalue weighted by Gasteiger charge is -2.15. The van der Waals surface area contributed by atoms with Crippen molar-refractivity contribution in [1.82, 2.24) is 0 Å². The van der Waals surface area contributed by atoms with Gasteiger partial charge in [0.2, 0.25) is 6.08 Å². The highest BCUT2D eigenvalue weighted by Gasteiger charge is 2.47. The SMILES string of the molecule is COCc1cccc(Cl)c1C1(N=C=O)CC1. The standard InChI is InChI=1S/C12H12ClNO2/c1-16-7-9-3-2-4-10(13)11(9)12(5-6-12)14-8-15/h2-4H,5-7H2,1H3. The summed E-state index contributed by atoms with van der Waals surface area (Å²) in [6.45, 7) is 0.478. The van der Waals surface area contributed by atoms with Crippen molar-refractivity contribution in [3.05, 3.63) is 34.3 Å². The summed E-state index contributed by atoms with van der Waals surface area (Å²) in [4.78, 5) is 14.3. The maximum absolute atomic E-state index is 10.4. The van der Waals surface area contributed by atoms with E-state index in [-0.39, 0.29) is 0 Å². The van der Waals surface area contributed by atoms with Gasteiger partial charge in [0.1, 0.15) is 5.54 Å². The van der Waals surface area contributed by atoms with Crippen LogP contribution in [-0.2, 0) is 21.7 Å². The molecule has 1 saturated carbocycles. The van der Waals surface area contributed by atoms with Crippen LogP contribution < -0.4 is 0 Å². The number of ether oxygens (including phenoxy) is 1. The molecule has 1 aliphatic carbocycles. The van der Waals surface area contributed by atoms with Crippen molar-refractivity contribution in [3.8, 4) is 0 Å². The molecule has 0 aromatic heterocycles. The normalized spacial score (nSPS) is 16.6. The summed E-state index contributed by atoms with van der Waals surface area (Å²) in [7, 11) is 1.63. The summed E-state index contributed by atoms with van der Waals surface area (Å²) < 4.78 is 5.13. The molecule has 1 aliphatic rings. The van der Waals surface area contributed by atoms with Gasteiger partial charge >= 0.3 is 0 Å². The van der Waals surface area contributed by atoms with E-state index >= 15 is 0 Å². The van der Waals surface area contributed by atoms with Gasteiger partial charge in [0, 0.05) is 17.7 Å². The molecule has 0 saturated heterocycles. The number of aliphatic imine (C=N–C) groups is 1. The van der Waals surface area contributed by atoms with E-state index < -0.39 is 5.54 Å². The maximum Gasteiger partial charge on any atom is 0.235 e. The molecule has 0 bridgehead atoms. The van der Waals surface area contributed by atoms with Crippen molar-refractivity contribution in [1.29, 1.82) is 0 Å². The average molecular weight is 238 g/mol. The van der Waals surface area contributed by atoms with Gasteiger partial charge in [0.15, 0.2) is 0 Å². The van der Waals surface area contributed by atoms with Crippen molar-refractivity contribution in [2.75, 3.05) is 7.11 Å². The molecule has 0 aliphatic heterocycles. The minimum absolute atomic E-state index is 0.437. The van der Waals surface area contributed by atoms with Crippen LogP contribution in [0.25, 0.3) is 0 Å². The fraction of sp³-hybridized carbons (Fsp3) is 0.417. The van der Waals surface area contributed by atoms with Gasteiger partial charge < -0.3 is 4.74 Å². The molecule has 1 fully saturated rings. The predicted octanol–water partition coefficient (Wildman–Crippen LogP) is 2.81. The molecule has 0 amide bonds. The zero-order valence-corrected chi connectivity index (χ0v) is 9.75. The first-order valence-electron chi connectivity index (χ1n) is 5.09. The van der Waals surface area contributed by atoms with Crippen molar-refractivity contribution in [2.24, 2.45) is 4.99 Å². The Morgan fingerprint density at radius 3 is 2.88 bits per heavy atom. The van der Waals surface area contributed by atoms with Crippen LogP contribution in [0, 0.1) is 0 Å². The van der Waals surface area contributed by atoms with Gasteiger partial charge in [-0.1, -0.05) is 23.7 Å². The first kappa shape index (κ1) is 11.3. The molecule has 3 nitrogen and oxygen atoms in total. The second-order valence-electron chi connectivity index (χ2n) is 3.94. The molecule has 1 aromatic rings. The number of carbonyl (C=O) groups excluding carboxylic acids is 1. The van der Waals surface area contributed by atoms with E-state index in [9.17, 15) is 4.79 Å². The summed E-state index contributed by atoms with van der Waals surface area (Å²) in [6.07, 6.45) is 3.34. The number of hydrogen-bond acceptors (Lipinski definition) is 3. The largest absolute Gasteiger partial charge is 0.380 e. The zero-order chi connectivity index (χ0) is 11.6. The Labute approximate surface area is 99.1 Å². The van der Waals surface area contributed by atoms with Crippen LogP contribution in [0.15, 0.2) is 23.2 Å². The van der Waals surface area contributed by atoms with E-state index in [1.807, 2.05) is 18.2 Å². The summed E-state index contributed by atoms with van der Waals surface area (Å²) in [6, 6.07) is 5.64. The zero-order valence-electron chi connectivity index (χ0n) is 9.00. The quantitative estimate of drug-likeness (QED) is 0.597. The van der Waals surface area contributed by atoms with E-state index in [0.29, 0.717) is 11.6 Å². The third kappa shape index (κ3) is 1.90. The van der Waals surface area contributed by atoms with Crippen LogP contribution >= 0.6 is 11.6 Å². The third-order valence-corrected chi connectivity index (χ3v) is 3.16. The summed E-state index contributed by atoms with van der Waals surface area (Å²) in [5, 5.41) is 0.644. The Morgan fingerprint density at radius 1 is 1.56 bits per heavy atom. The number of nitrogens with zero attached hydrogens (tertiary/aromatic N) is 1. The van der Waals surface area contributed by atoms with E-state index in [1.54, 1.807) is 13.2 Å². The van der Waals surface area contributed by atoms with Crippen LogP contribution in [0.4, 0.5) is 0 Å². The van der Waals surface area contributed by atoms with Gasteiger partial charge in [-0.3, -0.25) is 0 Å².